The van der Waals surface area contributed by atoms with E-state index in [1.807, 2.05) is 31.4 Å². The summed E-state index contributed by atoms with van der Waals surface area (Å²) in [5, 5.41) is 5.01. The molecule has 6 nitrogen and oxygen atoms in total. The minimum Gasteiger partial charge on any atom is -0.497 e. The Morgan fingerprint density at radius 2 is 1.89 bits per heavy atom. The van der Waals surface area contributed by atoms with Gasteiger partial charge in [0.1, 0.15) is 17.2 Å². The van der Waals surface area contributed by atoms with Gasteiger partial charge in [-0.15, -0.1) is 11.3 Å². The third-order valence-corrected chi connectivity index (χ3v) is 5.04. The summed E-state index contributed by atoms with van der Waals surface area (Å²) in [6, 6.07) is 8.96. The van der Waals surface area contributed by atoms with Crippen LogP contribution in [0.3, 0.4) is 0 Å². The van der Waals surface area contributed by atoms with E-state index in [1.54, 1.807) is 32.4 Å². The number of anilines is 1. The number of methoxy groups -OCH3 is 2. The van der Waals surface area contributed by atoms with Crippen molar-refractivity contribution in [3.05, 3.63) is 46.3 Å². The first kappa shape index (κ1) is 19.0. The zero-order chi connectivity index (χ0) is 19.6. The fraction of sp³-hybridized carbons (Fsp3) is 0.300. The van der Waals surface area contributed by atoms with Crippen LogP contribution < -0.4 is 14.8 Å². The number of ether oxygens (including phenoxy) is 2. The van der Waals surface area contributed by atoms with E-state index in [-0.39, 0.29) is 23.4 Å². The molecule has 0 unspecified atom stereocenters. The minimum atomic E-state index is -0.324. The van der Waals surface area contributed by atoms with Crippen LogP contribution in [0, 0.1) is 5.92 Å². The molecule has 1 aromatic heterocycles. The molecule has 0 saturated carbocycles. The first-order valence-electron chi connectivity index (χ1n) is 8.59. The van der Waals surface area contributed by atoms with Crippen molar-refractivity contribution >= 4 is 34.4 Å². The number of carbonyl (C=O) groups is 2. The lowest BCUT2D eigenvalue weighted by Crippen LogP contribution is -2.35. The highest BCUT2D eigenvalue weighted by Gasteiger charge is 2.40. The molecule has 27 heavy (non-hydrogen) atoms. The molecule has 1 N–H and O–H groups in total. The van der Waals surface area contributed by atoms with Crippen molar-refractivity contribution in [2.45, 2.75) is 13.8 Å². The lowest BCUT2D eigenvalue weighted by molar-refractivity contribution is -0.137. The van der Waals surface area contributed by atoms with Crippen LogP contribution in [0.2, 0.25) is 0 Å². The first-order chi connectivity index (χ1) is 13.0. The van der Waals surface area contributed by atoms with Crippen molar-refractivity contribution in [3.8, 4) is 11.5 Å². The Hall–Kier alpha value is -2.80. The highest BCUT2D eigenvalue weighted by Crippen LogP contribution is 2.36. The number of carbonyl (C=O) groups excluding carboxylic acids is 2. The van der Waals surface area contributed by atoms with E-state index in [0.717, 1.165) is 4.88 Å². The number of imide groups is 1. The summed E-state index contributed by atoms with van der Waals surface area (Å²) in [6.07, 6.45) is 0. The molecule has 0 radical (unpaired) electrons. The van der Waals surface area contributed by atoms with Gasteiger partial charge in [0.2, 0.25) is 0 Å². The number of rotatable bonds is 7. The smallest absolute Gasteiger partial charge is 0.278 e. The second kappa shape index (κ2) is 7.84. The van der Waals surface area contributed by atoms with E-state index in [0.29, 0.717) is 29.3 Å². The molecular weight excluding hydrogens is 364 g/mol. The van der Waals surface area contributed by atoms with Gasteiger partial charge in [0.15, 0.2) is 0 Å². The number of nitrogens with one attached hydrogen (secondary N) is 1. The van der Waals surface area contributed by atoms with Gasteiger partial charge in [-0.1, -0.05) is 19.9 Å². The molecule has 1 aliphatic rings. The van der Waals surface area contributed by atoms with E-state index < -0.39 is 0 Å². The van der Waals surface area contributed by atoms with Crippen molar-refractivity contribution in [3.63, 3.8) is 0 Å². The maximum absolute atomic E-state index is 13.0. The third kappa shape index (κ3) is 3.68. The van der Waals surface area contributed by atoms with Crippen molar-refractivity contribution < 1.29 is 19.1 Å². The van der Waals surface area contributed by atoms with Crippen molar-refractivity contribution in [2.24, 2.45) is 5.92 Å². The fourth-order valence-electron chi connectivity index (χ4n) is 2.91. The van der Waals surface area contributed by atoms with Gasteiger partial charge >= 0.3 is 0 Å². The van der Waals surface area contributed by atoms with Crippen LogP contribution in [0.4, 0.5) is 5.69 Å². The lowest BCUT2D eigenvalue weighted by Gasteiger charge is -2.17. The Balaban J connectivity index is 2.04. The summed E-state index contributed by atoms with van der Waals surface area (Å²) >= 11 is 1.43. The zero-order valence-electron chi connectivity index (χ0n) is 15.7. The predicted octanol–water partition coefficient (Wildman–Crippen LogP) is 3.61. The third-order valence-electron chi connectivity index (χ3n) is 4.15. The molecule has 3 rings (SSSR count). The molecule has 0 saturated heterocycles. The van der Waals surface area contributed by atoms with Gasteiger partial charge < -0.3 is 14.8 Å². The molecule has 1 aliphatic heterocycles. The quantitative estimate of drug-likeness (QED) is 0.736. The van der Waals surface area contributed by atoms with E-state index in [4.69, 9.17) is 9.47 Å². The van der Waals surface area contributed by atoms with E-state index in [9.17, 15) is 9.59 Å². The highest BCUT2D eigenvalue weighted by molar-refractivity contribution is 7.11. The molecule has 1 aromatic carbocycles. The Labute approximate surface area is 162 Å². The molecule has 7 heteroatoms. The largest absolute Gasteiger partial charge is 0.497 e. The van der Waals surface area contributed by atoms with Crippen LogP contribution in [0.25, 0.3) is 5.57 Å². The van der Waals surface area contributed by atoms with E-state index in [2.05, 4.69) is 5.32 Å². The molecule has 0 spiro atoms. The van der Waals surface area contributed by atoms with E-state index in [1.165, 1.54) is 16.2 Å². The molecule has 2 amide bonds. The molecule has 2 aromatic rings. The highest BCUT2D eigenvalue weighted by atomic mass is 32.1. The molecule has 0 bridgehead atoms. The molecule has 2 heterocycles. The molecule has 0 aliphatic carbocycles. The molecule has 0 fully saturated rings. The second-order valence-corrected chi connectivity index (χ2v) is 7.48. The second-order valence-electron chi connectivity index (χ2n) is 6.53. The van der Waals surface area contributed by atoms with Crippen molar-refractivity contribution in [2.75, 3.05) is 26.1 Å². The Kier molecular flexibility index (Phi) is 5.51. The van der Waals surface area contributed by atoms with Crippen LogP contribution >= 0.6 is 11.3 Å². The number of hydrogen-bond acceptors (Lipinski definition) is 6. The molecule has 142 valence electrons. The SMILES string of the molecule is COc1ccc(NC2=C(c3cccs3)C(=O)N(CC(C)C)C2=O)c(OC)c1. The standard InChI is InChI=1S/C20H22N2O4S/c1-12(2)11-22-19(23)17(16-6-5-9-27-16)18(20(22)24)21-14-8-7-13(25-3)10-15(14)26-4/h5-10,12,21H,11H2,1-4H3. The summed E-state index contributed by atoms with van der Waals surface area (Å²) in [5.74, 6) is 0.744. The zero-order valence-corrected chi connectivity index (χ0v) is 16.6. The average molecular weight is 386 g/mol. The van der Waals surface area contributed by atoms with Gasteiger partial charge in [-0.2, -0.15) is 0 Å². The number of thiophene rings is 1. The number of benzene rings is 1. The lowest BCUT2D eigenvalue weighted by atomic mass is 10.1. The van der Waals surface area contributed by atoms with Gasteiger partial charge in [-0.3, -0.25) is 14.5 Å². The summed E-state index contributed by atoms with van der Waals surface area (Å²) in [7, 11) is 3.11. The normalized spacial score (nSPS) is 14.3. The summed E-state index contributed by atoms with van der Waals surface area (Å²) in [5.41, 5.74) is 1.26. The minimum absolute atomic E-state index is 0.178. The van der Waals surface area contributed by atoms with E-state index >= 15 is 0 Å². The maximum Gasteiger partial charge on any atom is 0.278 e. The van der Waals surface area contributed by atoms with Crippen LogP contribution in [0.1, 0.15) is 18.7 Å². The summed E-state index contributed by atoms with van der Waals surface area (Å²) < 4.78 is 10.6. The number of nitrogens with zero attached hydrogens (tertiary/aromatic N) is 1. The number of amides is 2. The van der Waals surface area contributed by atoms with Crippen LogP contribution in [-0.4, -0.2) is 37.5 Å². The summed E-state index contributed by atoms with van der Waals surface area (Å²) in [6.45, 7) is 4.32. The Morgan fingerprint density at radius 1 is 1.11 bits per heavy atom. The Bertz CT molecular complexity index is 887. The van der Waals surface area contributed by atoms with Crippen molar-refractivity contribution in [1.29, 1.82) is 0 Å². The predicted molar refractivity (Wildman–Crippen MR) is 106 cm³/mol. The maximum atomic E-state index is 13.0. The monoisotopic (exact) mass is 386 g/mol. The molecular formula is C20H22N2O4S. The van der Waals surface area contributed by atoms with Gasteiger partial charge in [-0.25, -0.2) is 0 Å². The first-order valence-corrected chi connectivity index (χ1v) is 9.47. The topological polar surface area (TPSA) is 67.9 Å². The fourth-order valence-corrected chi connectivity index (χ4v) is 3.68. The average Bonchev–Trinajstić information content (AvgIpc) is 3.25. The van der Waals surface area contributed by atoms with Gasteiger partial charge in [0, 0.05) is 17.5 Å². The van der Waals surface area contributed by atoms with Crippen molar-refractivity contribution in [1.82, 2.24) is 4.90 Å². The summed E-state index contributed by atoms with van der Waals surface area (Å²) in [4.78, 5) is 28.0. The van der Waals surface area contributed by atoms with Crippen LogP contribution in [-0.2, 0) is 9.59 Å². The Morgan fingerprint density at radius 3 is 2.48 bits per heavy atom. The van der Waals surface area contributed by atoms with Crippen LogP contribution in [0.15, 0.2) is 41.4 Å². The van der Waals surface area contributed by atoms with Crippen LogP contribution in [0.5, 0.6) is 11.5 Å². The van der Waals surface area contributed by atoms with Gasteiger partial charge in [-0.05, 0) is 29.5 Å². The van der Waals surface area contributed by atoms with Gasteiger partial charge in [0.25, 0.3) is 11.8 Å². The van der Waals surface area contributed by atoms with Gasteiger partial charge in [0.05, 0.1) is 25.5 Å². The molecule has 0 atom stereocenters. The number of hydrogen-bond donors (Lipinski definition) is 1.